The van der Waals surface area contributed by atoms with Crippen LogP contribution in [0, 0.1) is 0 Å². The van der Waals surface area contributed by atoms with Gasteiger partial charge in [0.25, 0.3) is 0 Å². The van der Waals surface area contributed by atoms with E-state index in [9.17, 15) is 9.59 Å². The minimum Gasteiger partial charge on any atom is -0.449 e. The normalized spacial score (nSPS) is 11.8. The van der Waals surface area contributed by atoms with E-state index in [1.54, 1.807) is 24.3 Å². The Balaban J connectivity index is 3.40. The zero-order valence-corrected chi connectivity index (χ0v) is 14.1. The lowest BCUT2D eigenvalue weighted by Crippen LogP contribution is -2.40. The Morgan fingerprint density at radius 2 is 1.50 bits per heavy atom. The largest absolute Gasteiger partial charge is 0.449 e. The lowest BCUT2D eigenvalue weighted by atomic mass is 9.90. The second-order valence-corrected chi connectivity index (χ2v) is 5.41. The summed E-state index contributed by atoms with van der Waals surface area (Å²) < 4.78 is 11.1. The number of hydrogen-bond acceptors (Lipinski definition) is 4. The molecule has 126 valence electrons. The van der Waals surface area contributed by atoms with Crippen LogP contribution >= 0.6 is 0 Å². The van der Waals surface area contributed by atoms with E-state index < -0.39 is 23.6 Å². The molecule has 1 rings (SSSR count). The molecule has 0 heterocycles. The van der Waals surface area contributed by atoms with E-state index in [2.05, 4.69) is 26.3 Å². The molecule has 0 aliphatic heterocycles. The molecule has 0 N–H and O–H groups in total. The Morgan fingerprint density at radius 3 is 1.92 bits per heavy atom. The highest BCUT2D eigenvalue weighted by Crippen LogP contribution is 2.36. The van der Waals surface area contributed by atoms with Gasteiger partial charge in [-0.15, -0.1) is 0 Å². The molecule has 0 radical (unpaired) electrons. The lowest BCUT2D eigenvalue weighted by Gasteiger charge is -2.35. The summed E-state index contributed by atoms with van der Waals surface area (Å²) in [6, 6.07) is 8.91. The zero-order chi connectivity index (χ0) is 18.3. The first-order chi connectivity index (χ1) is 11.3. The van der Waals surface area contributed by atoms with Crippen molar-refractivity contribution in [2.75, 3.05) is 0 Å². The Morgan fingerprint density at radius 1 is 1.00 bits per heavy atom. The van der Waals surface area contributed by atoms with Gasteiger partial charge in [0.1, 0.15) is 0 Å². The number of ether oxygens (including phenoxy) is 2. The van der Waals surface area contributed by atoms with Crippen molar-refractivity contribution in [1.29, 1.82) is 0 Å². The molecule has 0 spiro atoms. The summed E-state index contributed by atoms with van der Waals surface area (Å²) in [6.07, 6.45) is 1.80. The van der Waals surface area contributed by atoms with Crippen LogP contribution in [0.3, 0.4) is 0 Å². The highest BCUT2D eigenvalue weighted by atomic mass is 16.6. The Labute approximate surface area is 142 Å². The summed E-state index contributed by atoms with van der Waals surface area (Å²) in [7, 11) is 0. The second-order valence-electron chi connectivity index (χ2n) is 5.41. The van der Waals surface area contributed by atoms with Gasteiger partial charge in [0.05, 0.1) is 0 Å². The van der Waals surface area contributed by atoms with Crippen LogP contribution in [0.25, 0.3) is 0 Å². The predicted octanol–water partition coefficient (Wildman–Crippen LogP) is 4.08. The second kappa shape index (κ2) is 8.11. The monoisotopic (exact) mass is 326 g/mol. The van der Waals surface area contributed by atoms with Crippen molar-refractivity contribution < 1.29 is 19.1 Å². The lowest BCUT2D eigenvalue weighted by molar-refractivity contribution is -0.168. The number of carbonyl (C=O) groups is 2. The number of hydrogen-bond donors (Lipinski definition) is 0. The van der Waals surface area contributed by atoms with Crippen LogP contribution in [0.1, 0.15) is 25.5 Å². The van der Waals surface area contributed by atoms with Gasteiger partial charge in [0.2, 0.25) is 0 Å². The van der Waals surface area contributed by atoms with Gasteiger partial charge in [-0.3, -0.25) is 0 Å². The molecule has 0 saturated heterocycles. The van der Waals surface area contributed by atoms with E-state index in [0.717, 1.165) is 0 Å². The van der Waals surface area contributed by atoms with E-state index in [4.69, 9.17) is 9.47 Å². The van der Waals surface area contributed by atoms with Crippen molar-refractivity contribution in [2.24, 2.45) is 0 Å². The van der Waals surface area contributed by atoms with Crippen molar-refractivity contribution in [2.45, 2.75) is 25.6 Å². The van der Waals surface area contributed by atoms with Crippen LogP contribution in [0.4, 0.5) is 0 Å². The Kier molecular flexibility index (Phi) is 6.48. The summed E-state index contributed by atoms with van der Waals surface area (Å²) >= 11 is 0. The van der Waals surface area contributed by atoms with Gasteiger partial charge >= 0.3 is 11.9 Å². The van der Waals surface area contributed by atoms with Gasteiger partial charge in [0.15, 0.2) is 11.7 Å². The predicted molar refractivity (Wildman–Crippen MR) is 94.1 cm³/mol. The first-order valence-electron chi connectivity index (χ1n) is 7.35. The summed E-state index contributed by atoms with van der Waals surface area (Å²) in [4.78, 5) is 24.1. The summed E-state index contributed by atoms with van der Waals surface area (Å²) in [6.45, 7) is 17.6. The molecule has 0 bridgehead atoms. The van der Waals surface area contributed by atoms with E-state index in [-0.39, 0.29) is 11.1 Å². The fourth-order valence-corrected chi connectivity index (χ4v) is 1.94. The summed E-state index contributed by atoms with van der Waals surface area (Å²) in [5.74, 6) is -1.24. The van der Waals surface area contributed by atoms with Gasteiger partial charge < -0.3 is 9.47 Å². The number of rotatable bonds is 8. The highest BCUT2D eigenvalue weighted by molar-refractivity contribution is 5.88. The molecule has 1 unspecified atom stereocenters. The van der Waals surface area contributed by atoms with Crippen LogP contribution in [-0.4, -0.2) is 17.5 Å². The van der Waals surface area contributed by atoms with Gasteiger partial charge in [-0.1, -0.05) is 56.6 Å². The van der Waals surface area contributed by atoms with Crippen molar-refractivity contribution in [3.05, 3.63) is 85.5 Å². The van der Waals surface area contributed by atoms with Gasteiger partial charge in [-0.25, -0.2) is 9.59 Å². The summed E-state index contributed by atoms with van der Waals surface area (Å²) in [5, 5.41) is 0. The quantitative estimate of drug-likeness (QED) is 0.410. The number of benzene rings is 1. The standard InChI is InChI=1S/C20H22O4/c1-7-20(8-2,24-19(22)15(5)6)17(23-18(21)14(3)4)16-12-10-9-11-13-16/h7-13,17H,1-3,5H2,4,6H3. The Hall–Kier alpha value is -2.88. The number of carbonyl (C=O) groups excluding carboxylic acids is 2. The maximum Gasteiger partial charge on any atom is 0.334 e. The van der Waals surface area contributed by atoms with Crippen molar-refractivity contribution in [3.8, 4) is 0 Å². The fourth-order valence-electron chi connectivity index (χ4n) is 1.94. The molecular formula is C20H22O4. The molecule has 0 aliphatic carbocycles. The fraction of sp³-hybridized carbons (Fsp3) is 0.200. The van der Waals surface area contributed by atoms with Crippen molar-refractivity contribution in [1.82, 2.24) is 0 Å². The van der Waals surface area contributed by atoms with Gasteiger partial charge in [-0.05, 0) is 31.6 Å². The van der Waals surface area contributed by atoms with Crippen LogP contribution < -0.4 is 0 Å². The number of esters is 2. The zero-order valence-electron chi connectivity index (χ0n) is 14.1. The SMILES string of the molecule is C=CC(C=C)(OC(=O)C(=C)C)C(OC(=O)C(=C)C)c1ccccc1. The molecule has 0 saturated carbocycles. The average molecular weight is 326 g/mol. The highest BCUT2D eigenvalue weighted by Gasteiger charge is 2.41. The molecular weight excluding hydrogens is 304 g/mol. The molecule has 1 aromatic carbocycles. The third kappa shape index (κ3) is 4.32. The Bertz CT molecular complexity index is 662. The smallest absolute Gasteiger partial charge is 0.334 e. The molecule has 0 aliphatic rings. The molecule has 0 fully saturated rings. The molecule has 1 aromatic rings. The van der Waals surface area contributed by atoms with Crippen molar-refractivity contribution in [3.63, 3.8) is 0 Å². The topological polar surface area (TPSA) is 52.6 Å². The minimum atomic E-state index is -1.44. The van der Waals surface area contributed by atoms with E-state index in [1.807, 2.05) is 6.07 Å². The van der Waals surface area contributed by atoms with Crippen molar-refractivity contribution >= 4 is 11.9 Å². The molecule has 4 heteroatoms. The van der Waals surface area contributed by atoms with Gasteiger partial charge in [0, 0.05) is 11.1 Å². The van der Waals surface area contributed by atoms with Crippen LogP contribution in [0.15, 0.2) is 79.9 Å². The molecule has 4 nitrogen and oxygen atoms in total. The summed E-state index contributed by atoms with van der Waals surface area (Å²) in [5.41, 5.74) is -0.380. The van der Waals surface area contributed by atoms with Crippen LogP contribution in [-0.2, 0) is 19.1 Å². The van der Waals surface area contributed by atoms with Crippen LogP contribution in [0.2, 0.25) is 0 Å². The van der Waals surface area contributed by atoms with Crippen LogP contribution in [0.5, 0.6) is 0 Å². The molecule has 0 amide bonds. The third-order valence-corrected chi connectivity index (χ3v) is 3.34. The first kappa shape index (κ1) is 19.2. The van der Waals surface area contributed by atoms with E-state index >= 15 is 0 Å². The first-order valence-corrected chi connectivity index (χ1v) is 7.35. The molecule has 24 heavy (non-hydrogen) atoms. The average Bonchev–Trinajstić information content (AvgIpc) is 2.58. The van der Waals surface area contributed by atoms with Gasteiger partial charge in [-0.2, -0.15) is 0 Å². The third-order valence-electron chi connectivity index (χ3n) is 3.34. The molecule has 1 atom stereocenters. The maximum atomic E-state index is 12.1. The maximum absolute atomic E-state index is 12.1. The minimum absolute atomic E-state index is 0.209. The molecule has 0 aromatic heterocycles. The van der Waals surface area contributed by atoms with E-state index in [0.29, 0.717) is 5.56 Å². The van der Waals surface area contributed by atoms with E-state index in [1.165, 1.54) is 26.0 Å².